The Morgan fingerprint density at radius 3 is 2.62 bits per heavy atom. The number of anilines is 1. The van der Waals surface area contributed by atoms with Crippen LogP contribution in [0.4, 0.5) is 5.69 Å². The number of aromatic nitrogens is 1. The highest BCUT2D eigenvalue weighted by atomic mass is 32.2. The molecule has 7 nitrogen and oxygen atoms in total. The summed E-state index contributed by atoms with van der Waals surface area (Å²) in [6.45, 7) is 7.33. The van der Waals surface area contributed by atoms with Crippen LogP contribution in [0.1, 0.15) is 60.1 Å². The molecule has 1 aromatic carbocycles. The van der Waals surface area contributed by atoms with Gasteiger partial charge in [0.05, 0.1) is 10.6 Å². The number of aryl methyl sites for hydroxylation is 1. The standard InChI is InChI=1S/C25H32N4O3S2/c1-4-25(2,3)17-7-10-20-16(13-17)14-19-21(26)22(33-24(19)29-20)23(30)28-12-11-15-5-8-18(9-6-15)34(27,31)32/h5-6,8-9,14,17H,4,7,10-13,26H2,1-3H3,(H,28,30)(H2,27,31,32). The average molecular weight is 501 g/mol. The fraction of sp³-hybridized carbons (Fsp3) is 0.440. The van der Waals surface area contributed by atoms with Crippen LogP contribution >= 0.6 is 11.3 Å². The number of hydrogen-bond acceptors (Lipinski definition) is 6. The molecular weight excluding hydrogens is 468 g/mol. The number of nitrogen functional groups attached to an aromatic ring is 1. The van der Waals surface area contributed by atoms with Crippen LogP contribution in [0, 0.1) is 11.3 Å². The number of benzene rings is 1. The molecule has 1 atom stereocenters. The number of nitrogens with zero attached hydrogens (tertiary/aromatic N) is 1. The van der Waals surface area contributed by atoms with Crippen molar-refractivity contribution in [2.75, 3.05) is 12.3 Å². The summed E-state index contributed by atoms with van der Waals surface area (Å²) >= 11 is 1.34. The number of carbonyl (C=O) groups excluding carboxylic acids is 1. The van der Waals surface area contributed by atoms with Crippen molar-refractivity contribution in [3.05, 3.63) is 52.0 Å². The maximum Gasteiger partial charge on any atom is 0.263 e. The summed E-state index contributed by atoms with van der Waals surface area (Å²) in [4.78, 5) is 19.1. The third-order valence-corrected chi connectivity index (χ3v) is 9.30. The molecule has 0 aliphatic heterocycles. The zero-order valence-corrected chi connectivity index (χ0v) is 21.5. The molecule has 4 rings (SSSR count). The van der Waals surface area contributed by atoms with Crippen LogP contribution in [-0.2, 0) is 29.3 Å². The second kappa shape index (κ2) is 9.28. The molecule has 1 amide bonds. The highest BCUT2D eigenvalue weighted by molar-refractivity contribution is 7.89. The van der Waals surface area contributed by atoms with E-state index in [2.05, 4.69) is 32.2 Å². The first kappa shape index (κ1) is 24.6. The van der Waals surface area contributed by atoms with Crippen LogP contribution in [0.2, 0.25) is 0 Å². The summed E-state index contributed by atoms with van der Waals surface area (Å²) in [7, 11) is -3.71. The van der Waals surface area contributed by atoms with Crippen LogP contribution in [0.15, 0.2) is 35.2 Å². The van der Waals surface area contributed by atoms with Gasteiger partial charge in [-0.3, -0.25) is 4.79 Å². The van der Waals surface area contributed by atoms with Gasteiger partial charge >= 0.3 is 0 Å². The summed E-state index contributed by atoms with van der Waals surface area (Å²) in [6.07, 6.45) is 4.80. The molecule has 9 heteroatoms. The van der Waals surface area contributed by atoms with Gasteiger partial charge in [0.1, 0.15) is 9.71 Å². The van der Waals surface area contributed by atoms with Crippen molar-refractivity contribution in [3.8, 4) is 0 Å². The van der Waals surface area contributed by atoms with Gasteiger partial charge in [0.2, 0.25) is 10.0 Å². The zero-order valence-electron chi connectivity index (χ0n) is 19.8. The van der Waals surface area contributed by atoms with E-state index < -0.39 is 10.0 Å². The van der Waals surface area contributed by atoms with Crippen LogP contribution in [0.3, 0.4) is 0 Å². The molecule has 182 valence electrons. The van der Waals surface area contributed by atoms with Gasteiger partial charge < -0.3 is 11.1 Å². The van der Waals surface area contributed by atoms with E-state index in [1.165, 1.54) is 29.0 Å². The summed E-state index contributed by atoms with van der Waals surface area (Å²) in [5.74, 6) is 0.399. The minimum absolute atomic E-state index is 0.0677. The van der Waals surface area contributed by atoms with E-state index in [0.29, 0.717) is 29.4 Å². The highest BCUT2D eigenvalue weighted by Gasteiger charge is 2.32. The minimum Gasteiger partial charge on any atom is -0.397 e. The Bertz CT molecular complexity index is 1330. The average Bonchev–Trinajstić information content (AvgIpc) is 3.12. The lowest BCUT2D eigenvalue weighted by Gasteiger charge is -2.36. The largest absolute Gasteiger partial charge is 0.397 e. The van der Waals surface area contributed by atoms with Gasteiger partial charge in [-0.05, 0) is 66.3 Å². The molecule has 0 saturated heterocycles. The van der Waals surface area contributed by atoms with Crippen molar-refractivity contribution in [1.82, 2.24) is 10.3 Å². The Morgan fingerprint density at radius 2 is 1.97 bits per heavy atom. The van der Waals surface area contributed by atoms with Gasteiger partial charge in [-0.1, -0.05) is 39.3 Å². The number of amides is 1. The fourth-order valence-corrected chi connectivity index (χ4v) is 6.09. The molecule has 1 aliphatic rings. The topological polar surface area (TPSA) is 128 Å². The SMILES string of the molecule is CCC(C)(C)C1CCc2nc3sc(C(=O)NCCc4ccc(S(N)(=O)=O)cc4)c(N)c3cc2C1. The molecule has 0 saturated carbocycles. The first-order valence-electron chi connectivity index (χ1n) is 11.6. The van der Waals surface area contributed by atoms with Crippen molar-refractivity contribution < 1.29 is 13.2 Å². The molecule has 0 fully saturated rings. The lowest BCUT2D eigenvalue weighted by molar-refractivity contribution is 0.0959. The molecule has 3 aromatic rings. The molecule has 2 aromatic heterocycles. The Morgan fingerprint density at radius 1 is 1.26 bits per heavy atom. The van der Waals surface area contributed by atoms with Crippen molar-refractivity contribution in [2.45, 2.75) is 57.8 Å². The minimum atomic E-state index is -3.71. The van der Waals surface area contributed by atoms with Crippen molar-refractivity contribution in [1.29, 1.82) is 0 Å². The van der Waals surface area contributed by atoms with Crippen LogP contribution < -0.4 is 16.2 Å². The predicted molar refractivity (Wildman–Crippen MR) is 137 cm³/mol. The molecular formula is C25H32N4O3S2. The number of sulfonamides is 1. The second-order valence-corrected chi connectivity index (χ2v) is 12.3. The third kappa shape index (κ3) is 4.96. The van der Waals surface area contributed by atoms with Crippen LogP contribution in [-0.4, -0.2) is 25.9 Å². The Hall–Kier alpha value is -2.49. The van der Waals surface area contributed by atoms with Crippen LogP contribution in [0.5, 0.6) is 0 Å². The molecule has 0 spiro atoms. The van der Waals surface area contributed by atoms with E-state index in [1.807, 2.05) is 0 Å². The van der Waals surface area contributed by atoms with E-state index in [-0.39, 0.29) is 16.2 Å². The number of thiophene rings is 1. The third-order valence-electron chi connectivity index (χ3n) is 7.26. The van der Waals surface area contributed by atoms with Gasteiger partial charge in [0, 0.05) is 17.6 Å². The lowest BCUT2D eigenvalue weighted by Crippen LogP contribution is -2.29. The number of pyridine rings is 1. The zero-order chi connectivity index (χ0) is 24.7. The number of rotatable bonds is 7. The van der Waals surface area contributed by atoms with Gasteiger partial charge in [-0.2, -0.15) is 0 Å². The number of nitrogens with two attached hydrogens (primary N) is 2. The second-order valence-electron chi connectivity index (χ2n) is 9.77. The smallest absolute Gasteiger partial charge is 0.263 e. The van der Waals surface area contributed by atoms with Gasteiger partial charge in [0.15, 0.2) is 0 Å². The summed E-state index contributed by atoms with van der Waals surface area (Å²) in [6, 6.07) is 8.47. The normalized spacial score (nSPS) is 16.4. The van der Waals surface area contributed by atoms with Gasteiger partial charge in [-0.15, -0.1) is 11.3 Å². The monoisotopic (exact) mass is 500 g/mol. The van der Waals surface area contributed by atoms with E-state index in [9.17, 15) is 13.2 Å². The Kier molecular flexibility index (Phi) is 6.72. The summed E-state index contributed by atoms with van der Waals surface area (Å²) < 4.78 is 22.7. The molecule has 34 heavy (non-hydrogen) atoms. The maximum atomic E-state index is 12.9. The van der Waals surface area contributed by atoms with Gasteiger partial charge in [-0.25, -0.2) is 18.5 Å². The number of fused-ring (bicyclic) bond motifs is 2. The molecule has 0 radical (unpaired) electrons. The van der Waals surface area contributed by atoms with Crippen molar-refractivity contribution >= 4 is 43.2 Å². The maximum absolute atomic E-state index is 12.9. The highest BCUT2D eigenvalue weighted by Crippen LogP contribution is 2.41. The van der Waals surface area contributed by atoms with E-state index in [4.69, 9.17) is 15.9 Å². The molecule has 5 N–H and O–H groups in total. The fourth-order valence-electron chi connectivity index (χ4n) is 4.56. The molecule has 1 unspecified atom stereocenters. The number of nitrogens with one attached hydrogen (secondary N) is 1. The van der Waals surface area contributed by atoms with E-state index in [0.717, 1.165) is 47.2 Å². The Balaban J connectivity index is 1.46. The molecule has 0 bridgehead atoms. The predicted octanol–water partition coefficient (Wildman–Crippen LogP) is 4.04. The quantitative estimate of drug-likeness (QED) is 0.451. The van der Waals surface area contributed by atoms with Crippen LogP contribution in [0.25, 0.3) is 10.2 Å². The van der Waals surface area contributed by atoms with E-state index in [1.54, 1.807) is 12.1 Å². The Labute approximate surface area is 205 Å². The molecule has 1 aliphatic carbocycles. The van der Waals surface area contributed by atoms with Crippen molar-refractivity contribution in [3.63, 3.8) is 0 Å². The van der Waals surface area contributed by atoms with E-state index >= 15 is 0 Å². The number of primary sulfonamides is 1. The van der Waals surface area contributed by atoms with Gasteiger partial charge in [0.25, 0.3) is 5.91 Å². The summed E-state index contributed by atoms with van der Waals surface area (Å²) in [5, 5.41) is 8.91. The molecule has 2 heterocycles. The van der Waals surface area contributed by atoms with Crippen molar-refractivity contribution in [2.24, 2.45) is 16.5 Å². The lowest BCUT2D eigenvalue weighted by atomic mass is 9.69. The number of hydrogen-bond donors (Lipinski definition) is 3. The first-order chi connectivity index (χ1) is 16.0. The first-order valence-corrected chi connectivity index (χ1v) is 14.0. The number of carbonyl (C=O) groups is 1. The summed E-state index contributed by atoms with van der Waals surface area (Å²) in [5.41, 5.74) is 10.5.